The summed E-state index contributed by atoms with van der Waals surface area (Å²) in [6, 6.07) is 0.600. The number of nitrogens with zero attached hydrogens (tertiary/aromatic N) is 2. The van der Waals surface area contributed by atoms with Crippen LogP contribution in [0.25, 0.3) is 0 Å². The Morgan fingerprint density at radius 2 is 2.17 bits per heavy atom. The Hall–Kier alpha value is -0.120. The quantitative estimate of drug-likeness (QED) is 0.663. The van der Waals surface area contributed by atoms with E-state index in [1.165, 1.54) is 39.0 Å². The predicted octanol–water partition coefficient (Wildman–Crippen LogP) is 2.47. The van der Waals surface area contributed by atoms with Crippen molar-refractivity contribution < 1.29 is 4.74 Å². The lowest BCUT2D eigenvalue weighted by Crippen LogP contribution is -2.44. The van der Waals surface area contributed by atoms with Crippen molar-refractivity contribution in [3.05, 3.63) is 0 Å². The topological polar surface area (TPSA) is 15.7 Å². The van der Waals surface area contributed by atoms with Gasteiger partial charge in [-0.2, -0.15) is 0 Å². The highest BCUT2D eigenvalue weighted by atomic mass is 16.5. The largest absolute Gasteiger partial charge is 0.379 e. The normalized spacial score (nSPS) is 23.5. The summed E-state index contributed by atoms with van der Waals surface area (Å²) in [4.78, 5) is 5.17. The zero-order chi connectivity index (χ0) is 13.4. The average molecular weight is 256 g/mol. The summed E-state index contributed by atoms with van der Waals surface area (Å²) in [7, 11) is 0. The fourth-order valence-electron chi connectivity index (χ4n) is 2.54. The molecule has 1 heterocycles. The summed E-state index contributed by atoms with van der Waals surface area (Å²) >= 11 is 0. The third-order valence-electron chi connectivity index (χ3n) is 4.14. The molecule has 108 valence electrons. The molecule has 3 nitrogen and oxygen atoms in total. The number of ether oxygens (including phenoxy) is 1. The van der Waals surface area contributed by atoms with Gasteiger partial charge in [-0.1, -0.05) is 27.2 Å². The molecular weight excluding hydrogens is 224 g/mol. The van der Waals surface area contributed by atoms with Crippen molar-refractivity contribution >= 4 is 0 Å². The van der Waals surface area contributed by atoms with E-state index < -0.39 is 0 Å². The minimum absolute atomic E-state index is 0.600. The fraction of sp³-hybridized carbons (Fsp3) is 1.00. The maximum absolute atomic E-state index is 5.48. The molecule has 0 aromatic rings. The highest BCUT2D eigenvalue weighted by Crippen LogP contribution is 2.08. The van der Waals surface area contributed by atoms with Gasteiger partial charge in [0.1, 0.15) is 0 Å². The minimum Gasteiger partial charge on any atom is -0.379 e. The van der Waals surface area contributed by atoms with Gasteiger partial charge in [0.05, 0.1) is 13.2 Å². The first-order valence-corrected chi connectivity index (χ1v) is 7.71. The second-order valence-electron chi connectivity index (χ2n) is 5.72. The second-order valence-corrected chi connectivity index (χ2v) is 5.72. The first-order valence-electron chi connectivity index (χ1n) is 7.71. The van der Waals surface area contributed by atoms with Gasteiger partial charge in [0.25, 0.3) is 0 Å². The molecule has 0 unspecified atom stereocenters. The molecule has 2 atom stereocenters. The molecule has 0 bridgehead atoms. The summed E-state index contributed by atoms with van der Waals surface area (Å²) < 4.78 is 5.48. The lowest BCUT2D eigenvalue weighted by molar-refractivity contribution is -0.00177. The van der Waals surface area contributed by atoms with Crippen molar-refractivity contribution in [2.24, 2.45) is 5.92 Å². The summed E-state index contributed by atoms with van der Waals surface area (Å²) in [5, 5.41) is 0. The van der Waals surface area contributed by atoms with Crippen molar-refractivity contribution in [3.8, 4) is 0 Å². The van der Waals surface area contributed by atoms with E-state index in [1.807, 2.05) is 0 Å². The number of hydrogen-bond donors (Lipinski definition) is 0. The predicted molar refractivity (Wildman–Crippen MR) is 78.0 cm³/mol. The van der Waals surface area contributed by atoms with Crippen molar-refractivity contribution in [3.63, 3.8) is 0 Å². The van der Waals surface area contributed by atoms with E-state index in [-0.39, 0.29) is 0 Å². The molecule has 0 amide bonds. The Morgan fingerprint density at radius 1 is 1.39 bits per heavy atom. The van der Waals surface area contributed by atoms with Crippen molar-refractivity contribution in [2.75, 3.05) is 45.9 Å². The van der Waals surface area contributed by atoms with Crippen molar-refractivity contribution in [1.29, 1.82) is 0 Å². The van der Waals surface area contributed by atoms with Gasteiger partial charge in [0, 0.05) is 19.1 Å². The Kier molecular flexibility index (Phi) is 7.87. The van der Waals surface area contributed by atoms with Crippen LogP contribution in [0.1, 0.15) is 40.5 Å². The van der Waals surface area contributed by atoms with Gasteiger partial charge in [-0.3, -0.25) is 4.90 Å². The maximum Gasteiger partial charge on any atom is 0.0619 e. The molecule has 0 saturated carbocycles. The lowest BCUT2D eigenvalue weighted by Gasteiger charge is -2.34. The van der Waals surface area contributed by atoms with Gasteiger partial charge in [-0.05, 0) is 38.9 Å². The second kappa shape index (κ2) is 8.89. The number of morpholine rings is 1. The SMILES string of the molecule is CC[C@H](C)CN(CC)CCCN1CCOC[C@H]1C. The summed E-state index contributed by atoms with van der Waals surface area (Å²) in [5.41, 5.74) is 0. The van der Waals surface area contributed by atoms with E-state index in [0.29, 0.717) is 6.04 Å². The standard InChI is InChI=1S/C15H32N2O/c1-5-14(3)12-16(6-2)8-7-9-17-10-11-18-13-15(17)4/h14-15H,5-13H2,1-4H3/t14-,15+/m0/s1. The molecule has 18 heavy (non-hydrogen) atoms. The average Bonchev–Trinajstić information content (AvgIpc) is 2.39. The number of hydrogen-bond acceptors (Lipinski definition) is 3. The van der Waals surface area contributed by atoms with E-state index in [9.17, 15) is 0 Å². The third-order valence-corrected chi connectivity index (χ3v) is 4.14. The lowest BCUT2D eigenvalue weighted by atomic mass is 10.1. The van der Waals surface area contributed by atoms with E-state index >= 15 is 0 Å². The summed E-state index contributed by atoms with van der Waals surface area (Å²) in [6.07, 6.45) is 2.58. The van der Waals surface area contributed by atoms with Gasteiger partial charge in [-0.15, -0.1) is 0 Å². The van der Waals surface area contributed by atoms with Crippen LogP contribution in [0.2, 0.25) is 0 Å². The molecule has 1 aliphatic rings. The molecule has 0 aliphatic carbocycles. The van der Waals surface area contributed by atoms with E-state index in [4.69, 9.17) is 4.74 Å². The molecule has 0 aromatic carbocycles. The smallest absolute Gasteiger partial charge is 0.0619 e. The van der Waals surface area contributed by atoms with Crippen LogP contribution in [0.3, 0.4) is 0 Å². The minimum atomic E-state index is 0.600. The van der Waals surface area contributed by atoms with Crippen LogP contribution in [0.15, 0.2) is 0 Å². The molecule has 0 radical (unpaired) electrons. The Balaban J connectivity index is 2.17. The van der Waals surface area contributed by atoms with Crippen LogP contribution in [0, 0.1) is 5.92 Å². The Bertz CT molecular complexity index is 211. The van der Waals surface area contributed by atoms with Gasteiger partial charge in [0.15, 0.2) is 0 Å². The molecule has 0 aromatic heterocycles. The van der Waals surface area contributed by atoms with E-state index in [0.717, 1.165) is 25.7 Å². The van der Waals surface area contributed by atoms with Crippen molar-refractivity contribution in [1.82, 2.24) is 9.80 Å². The summed E-state index contributed by atoms with van der Waals surface area (Å²) in [6.45, 7) is 17.0. The Labute approximate surface area is 113 Å². The fourth-order valence-corrected chi connectivity index (χ4v) is 2.54. The van der Waals surface area contributed by atoms with Gasteiger partial charge in [0.2, 0.25) is 0 Å². The van der Waals surface area contributed by atoms with Crippen molar-refractivity contribution in [2.45, 2.75) is 46.6 Å². The first-order chi connectivity index (χ1) is 8.67. The van der Waals surface area contributed by atoms with Crippen LogP contribution >= 0.6 is 0 Å². The van der Waals surface area contributed by atoms with Gasteiger partial charge in [-0.25, -0.2) is 0 Å². The summed E-state index contributed by atoms with van der Waals surface area (Å²) in [5.74, 6) is 0.826. The highest BCUT2D eigenvalue weighted by Gasteiger charge is 2.18. The van der Waals surface area contributed by atoms with Crippen LogP contribution in [0.4, 0.5) is 0 Å². The molecule has 1 rings (SSSR count). The van der Waals surface area contributed by atoms with Gasteiger partial charge < -0.3 is 9.64 Å². The van der Waals surface area contributed by atoms with Crippen LogP contribution in [0.5, 0.6) is 0 Å². The Morgan fingerprint density at radius 3 is 2.78 bits per heavy atom. The van der Waals surface area contributed by atoms with E-state index in [1.54, 1.807) is 0 Å². The van der Waals surface area contributed by atoms with Gasteiger partial charge >= 0.3 is 0 Å². The molecule has 1 aliphatic heterocycles. The molecule has 1 fully saturated rings. The molecule has 0 spiro atoms. The maximum atomic E-state index is 5.48. The van der Waals surface area contributed by atoms with Crippen LogP contribution in [-0.2, 0) is 4.74 Å². The number of rotatable bonds is 8. The van der Waals surface area contributed by atoms with Crippen LogP contribution < -0.4 is 0 Å². The molecule has 1 saturated heterocycles. The van der Waals surface area contributed by atoms with Crippen LogP contribution in [-0.4, -0.2) is 61.8 Å². The molecule has 0 N–H and O–H groups in total. The third kappa shape index (κ3) is 5.68. The highest BCUT2D eigenvalue weighted by molar-refractivity contribution is 4.71. The molecular formula is C15H32N2O. The molecule has 3 heteroatoms. The zero-order valence-electron chi connectivity index (χ0n) is 12.8. The zero-order valence-corrected chi connectivity index (χ0v) is 12.8. The van der Waals surface area contributed by atoms with E-state index in [2.05, 4.69) is 37.5 Å². The first kappa shape index (κ1) is 15.9. The monoisotopic (exact) mass is 256 g/mol.